The zero-order chi connectivity index (χ0) is 22.6. The molecule has 0 aliphatic carbocycles. The highest BCUT2D eigenvalue weighted by Crippen LogP contribution is 2.26. The molecule has 170 valence electrons. The van der Waals surface area contributed by atoms with Gasteiger partial charge >= 0.3 is 5.63 Å². The lowest BCUT2D eigenvalue weighted by molar-refractivity contribution is 0.257. The van der Waals surface area contributed by atoms with E-state index in [-0.39, 0.29) is 5.63 Å². The quantitative estimate of drug-likeness (QED) is 0.342. The molecule has 33 heavy (non-hydrogen) atoms. The molecule has 0 radical (unpaired) electrons. The molecule has 1 N–H and O–H groups in total. The molecule has 0 saturated carbocycles. The van der Waals surface area contributed by atoms with E-state index in [0.29, 0.717) is 11.3 Å². The highest BCUT2D eigenvalue weighted by Gasteiger charge is 2.19. The Morgan fingerprint density at radius 2 is 1.88 bits per heavy atom. The zero-order valence-electron chi connectivity index (χ0n) is 18.8. The number of fused-ring (bicyclic) bond motifs is 2. The molecule has 0 atom stereocenters. The number of methoxy groups -OCH3 is 1. The first-order valence-corrected chi connectivity index (χ1v) is 11.4. The predicted octanol–water partition coefficient (Wildman–Crippen LogP) is 3.97. The summed E-state index contributed by atoms with van der Waals surface area (Å²) < 4.78 is 10.6. The number of nitrogens with zero attached hydrogens (tertiary/aromatic N) is 3. The zero-order valence-corrected chi connectivity index (χ0v) is 18.8. The van der Waals surface area contributed by atoms with Crippen LogP contribution in [-0.2, 0) is 0 Å². The van der Waals surface area contributed by atoms with Gasteiger partial charge in [-0.2, -0.15) is 0 Å². The number of benzene rings is 2. The summed E-state index contributed by atoms with van der Waals surface area (Å²) in [7, 11) is 1.60. The second-order valence-corrected chi connectivity index (χ2v) is 8.31. The van der Waals surface area contributed by atoms with E-state index in [4.69, 9.17) is 9.15 Å². The minimum Gasteiger partial charge on any atom is -0.497 e. The molecule has 7 heteroatoms. The molecule has 5 rings (SSSR count). The van der Waals surface area contributed by atoms with E-state index in [1.807, 2.05) is 18.3 Å². The van der Waals surface area contributed by atoms with E-state index in [1.54, 1.807) is 13.2 Å². The first kappa shape index (κ1) is 21.3. The third-order valence-electron chi connectivity index (χ3n) is 6.24. The maximum absolute atomic E-state index is 11.9. The average molecular weight is 445 g/mol. The van der Waals surface area contributed by atoms with Gasteiger partial charge in [-0.1, -0.05) is 24.3 Å². The van der Waals surface area contributed by atoms with Crippen molar-refractivity contribution < 1.29 is 9.15 Å². The molecule has 0 spiro atoms. The Morgan fingerprint density at radius 3 is 2.73 bits per heavy atom. The molecule has 7 nitrogen and oxygen atoms in total. The largest absolute Gasteiger partial charge is 0.497 e. The van der Waals surface area contributed by atoms with Crippen LogP contribution in [0.2, 0.25) is 0 Å². The van der Waals surface area contributed by atoms with Crippen molar-refractivity contribution in [2.75, 3.05) is 56.6 Å². The fourth-order valence-electron chi connectivity index (χ4n) is 4.48. The highest BCUT2D eigenvalue weighted by atomic mass is 16.5. The third-order valence-corrected chi connectivity index (χ3v) is 6.24. The van der Waals surface area contributed by atoms with Gasteiger partial charge in [-0.25, -0.2) is 9.78 Å². The molecule has 0 bridgehead atoms. The maximum atomic E-state index is 11.9. The van der Waals surface area contributed by atoms with Crippen molar-refractivity contribution in [1.29, 1.82) is 0 Å². The van der Waals surface area contributed by atoms with Crippen LogP contribution >= 0.6 is 0 Å². The second kappa shape index (κ2) is 9.50. The van der Waals surface area contributed by atoms with Crippen molar-refractivity contribution in [2.24, 2.45) is 0 Å². The van der Waals surface area contributed by atoms with E-state index in [1.165, 1.54) is 16.8 Å². The SMILES string of the molecule is COc1ccc2c(NCCCN3CCN(c4nccc5ccccc45)CC3)cc(=O)oc2c1. The topological polar surface area (TPSA) is 70.8 Å². The lowest BCUT2D eigenvalue weighted by Gasteiger charge is -2.35. The van der Waals surface area contributed by atoms with Crippen molar-refractivity contribution in [3.8, 4) is 5.75 Å². The van der Waals surface area contributed by atoms with Gasteiger partial charge in [0, 0.05) is 61.8 Å². The first-order chi connectivity index (χ1) is 16.2. The molecule has 2 aromatic carbocycles. The predicted molar refractivity (Wildman–Crippen MR) is 133 cm³/mol. The number of anilines is 2. The smallest absolute Gasteiger partial charge is 0.338 e. The summed E-state index contributed by atoms with van der Waals surface area (Å²) in [6.07, 6.45) is 2.89. The molecule has 1 saturated heterocycles. The normalized spacial score (nSPS) is 14.6. The number of hydrogen-bond donors (Lipinski definition) is 1. The average Bonchev–Trinajstić information content (AvgIpc) is 2.86. The number of ether oxygens (including phenoxy) is 1. The van der Waals surface area contributed by atoms with Gasteiger partial charge in [0.25, 0.3) is 0 Å². The molecule has 1 aliphatic rings. The van der Waals surface area contributed by atoms with E-state index >= 15 is 0 Å². The minimum absolute atomic E-state index is 0.364. The second-order valence-electron chi connectivity index (χ2n) is 8.31. The Bertz CT molecular complexity index is 1310. The van der Waals surface area contributed by atoms with Gasteiger partial charge in [-0.05, 0) is 36.6 Å². The summed E-state index contributed by atoms with van der Waals surface area (Å²) in [4.78, 5) is 21.5. The number of pyridine rings is 1. The first-order valence-electron chi connectivity index (χ1n) is 11.4. The van der Waals surface area contributed by atoms with Crippen LogP contribution < -0.4 is 20.6 Å². The Kier molecular flexibility index (Phi) is 6.13. The fraction of sp³-hybridized carbons (Fsp3) is 0.308. The number of hydrogen-bond acceptors (Lipinski definition) is 7. The van der Waals surface area contributed by atoms with Gasteiger partial charge < -0.3 is 19.4 Å². The summed E-state index contributed by atoms with van der Waals surface area (Å²) in [5.41, 5.74) is 0.967. The Labute approximate surface area is 192 Å². The molecule has 1 fully saturated rings. The number of nitrogens with one attached hydrogen (secondary N) is 1. The van der Waals surface area contributed by atoms with Crippen LogP contribution in [0.3, 0.4) is 0 Å². The van der Waals surface area contributed by atoms with E-state index in [0.717, 1.165) is 62.6 Å². The van der Waals surface area contributed by atoms with Crippen LogP contribution in [0.4, 0.5) is 11.5 Å². The standard InChI is InChI=1S/C26H28N4O3/c1-32-20-7-8-22-23(18-25(31)33-24(22)17-20)27-10-4-12-29-13-15-30(16-14-29)26-21-6-3-2-5-19(21)9-11-28-26/h2-3,5-9,11,17-18,27H,4,10,12-16H2,1H3. The third kappa shape index (κ3) is 4.64. The van der Waals surface area contributed by atoms with Crippen LogP contribution in [0.1, 0.15) is 6.42 Å². The van der Waals surface area contributed by atoms with Crippen molar-refractivity contribution in [2.45, 2.75) is 6.42 Å². The van der Waals surface area contributed by atoms with Gasteiger partial charge in [0.1, 0.15) is 17.2 Å². The number of aromatic nitrogens is 1. The summed E-state index contributed by atoms with van der Waals surface area (Å²) >= 11 is 0. The molecule has 0 amide bonds. The lowest BCUT2D eigenvalue weighted by Crippen LogP contribution is -2.47. The lowest BCUT2D eigenvalue weighted by atomic mass is 10.1. The summed E-state index contributed by atoms with van der Waals surface area (Å²) in [5.74, 6) is 1.75. The number of rotatable bonds is 7. The molecule has 4 aromatic rings. The van der Waals surface area contributed by atoms with Crippen molar-refractivity contribution >= 4 is 33.2 Å². The highest BCUT2D eigenvalue weighted by molar-refractivity contribution is 5.92. The van der Waals surface area contributed by atoms with Crippen molar-refractivity contribution in [1.82, 2.24) is 9.88 Å². The summed E-state index contributed by atoms with van der Waals surface area (Å²) in [5, 5.41) is 6.74. The van der Waals surface area contributed by atoms with Crippen LogP contribution in [0.15, 0.2) is 70.0 Å². The molecule has 3 heterocycles. The van der Waals surface area contributed by atoms with Gasteiger partial charge in [-0.3, -0.25) is 4.90 Å². The number of piperazine rings is 1. The Balaban J connectivity index is 1.15. The van der Waals surface area contributed by atoms with Gasteiger partial charge in [0.15, 0.2) is 0 Å². The van der Waals surface area contributed by atoms with E-state index in [2.05, 4.69) is 50.4 Å². The monoisotopic (exact) mass is 444 g/mol. The molecular formula is C26H28N4O3. The maximum Gasteiger partial charge on any atom is 0.338 e. The van der Waals surface area contributed by atoms with Crippen LogP contribution in [-0.4, -0.2) is 56.3 Å². The van der Waals surface area contributed by atoms with E-state index in [9.17, 15) is 4.79 Å². The van der Waals surface area contributed by atoms with Gasteiger partial charge in [-0.15, -0.1) is 0 Å². The van der Waals surface area contributed by atoms with E-state index < -0.39 is 0 Å². The van der Waals surface area contributed by atoms with Crippen LogP contribution in [0, 0.1) is 0 Å². The summed E-state index contributed by atoms with van der Waals surface area (Å²) in [6.45, 7) is 5.78. The molecular weight excluding hydrogens is 416 g/mol. The van der Waals surface area contributed by atoms with Crippen molar-refractivity contribution in [3.63, 3.8) is 0 Å². The molecule has 0 unspecified atom stereocenters. The molecule has 1 aliphatic heterocycles. The van der Waals surface area contributed by atoms with Crippen LogP contribution in [0.25, 0.3) is 21.7 Å². The fourth-order valence-corrected chi connectivity index (χ4v) is 4.48. The minimum atomic E-state index is -0.364. The van der Waals surface area contributed by atoms with Gasteiger partial charge in [0.2, 0.25) is 0 Å². The summed E-state index contributed by atoms with van der Waals surface area (Å²) in [6, 6.07) is 17.6. The Morgan fingerprint density at radius 1 is 1.03 bits per heavy atom. The van der Waals surface area contributed by atoms with Crippen molar-refractivity contribution in [3.05, 3.63) is 71.2 Å². The van der Waals surface area contributed by atoms with Crippen LogP contribution in [0.5, 0.6) is 5.75 Å². The Hall–Kier alpha value is -3.58. The molecule has 2 aromatic heterocycles. The van der Waals surface area contributed by atoms with Gasteiger partial charge in [0.05, 0.1) is 12.8 Å².